The van der Waals surface area contributed by atoms with Crippen LogP contribution in [0.5, 0.6) is 0 Å². The normalized spacial score (nSPS) is 16.5. The van der Waals surface area contributed by atoms with Crippen molar-refractivity contribution in [1.82, 2.24) is 24.3 Å². The summed E-state index contributed by atoms with van der Waals surface area (Å²) >= 11 is 5.89. The Morgan fingerprint density at radius 2 is 2.03 bits per heavy atom. The molecule has 0 radical (unpaired) electrons. The SMILES string of the molecule is Cc1nc2cc(N3CCO[C@H](c4cnn(C)c4)C3)nc(-c3ccc(Cl)c(F)c3)c2c(=O)n1C. The van der Waals surface area contributed by atoms with Crippen LogP contribution in [0.25, 0.3) is 22.2 Å². The summed E-state index contributed by atoms with van der Waals surface area (Å²) in [6.45, 7) is 3.46. The molecule has 1 saturated heterocycles. The maximum Gasteiger partial charge on any atom is 0.263 e. The van der Waals surface area contributed by atoms with Gasteiger partial charge in [0.05, 0.1) is 34.4 Å². The van der Waals surface area contributed by atoms with Crippen LogP contribution >= 0.6 is 11.6 Å². The van der Waals surface area contributed by atoms with Crippen LogP contribution in [-0.4, -0.2) is 44.0 Å². The third-order valence-electron chi connectivity index (χ3n) is 5.95. The quantitative estimate of drug-likeness (QED) is 0.458. The largest absolute Gasteiger partial charge is 0.370 e. The van der Waals surface area contributed by atoms with Crippen LogP contribution in [0.2, 0.25) is 5.02 Å². The Morgan fingerprint density at radius 1 is 1.21 bits per heavy atom. The molecule has 170 valence electrons. The summed E-state index contributed by atoms with van der Waals surface area (Å²) < 4.78 is 23.5. The lowest BCUT2D eigenvalue weighted by atomic mass is 10.1. The number of ether oxygens (including phenoxy) is 1. The topological polar surface area (TPSA) is 78.1 Å². The summed E-state index contributed by atoms with van der Waals surface area (Å²) in [5, 5.41) is 4.58. The molecular formula is C23H22ClFN6O2. The molecule has 10 heteroatoms. The average Bonchev–Trinajstić information content (AvgIpc) is 3.25. The Labute approximate surface area is 194 Å². The second kappa shape index (κ2) is 8.24. The fourth-order valence-corrected chi connectivity index (χ4v) is 4.18. The molecule has 0 aliphatic carbocycles. The van der Waals surface area contributed by atoms with Crippen molar-refractivity contribution in [2.45, 2.75) is 13.0 Å². The standard InChI is InChI=1S/C23H22ClFN6O2/c1-13-27-18-9-20(31-6-7-33-19(12-31)15-10-26-29(2)11-15)28-22(21(18)23(32)30(13)3)14-4-5-16(24)17(25)8-14/h4-5,8-11,19H,6-7,12H2,1-3H3/t19-/m0/s1. The molecule has 0 spiro atoms. The summed E-state index contributed by atoms with van der Waals surface area (Å²) in [5.41, 5.74) is 2.08. The van der Waals surface area contributed by atoms with E-state index >= 15 is 0 Å². The molecule has 1 aliphatic heterocycles. The number of hydrogen-bond acceptors (Lipinski definition) is 6. The first-order valence-corrected chi connectivity index (χ1v) is 10.9. The third-order valence-corrected chi connectivity index (χ3v) is 6.26. The van der Waals surface area contributed by atoms with Crippen molar-refractivity contribution in [3.63, 3.8) is 0 Å². The minimum atomic E-state index is -0.575. The van der Waals surface area contributed by atoms with E-state index in [0.717, 1.165) is 5.56 Å². The van der Waals surface area contributed by atoms with Crippen molar-refractivity contribution in [1.29, 1.82) is 0 Å². The molecule has 1 aromatic carbocycles. The minimum Gasteiger partial charge on any atom is -0.370 e. The van der Waals surface area contributed by atoms with E-state index < -0.39 is 5.82 Å². The van der Waals surface area contributed by atoms with Crippen molar-refractivity contribution in [2.75, 3.05) is 24.6 Å². The molecule has 5 rings (SSSR count). The number of anilines is 1. The number of pyridine rings is 1. The van der Waals surface area contributed by atoms with Gasteiger partial charge in [0.15, 0.2) is 0 Å². The van der Waals surface area contributed by atoms with Crippen molar-refractivity contribution < 1.29 is 9.13 Å². The van der Waals surface area contributed by atoms with Gasteiger partial charge >= 0.3 is 0 Å². The highest BCUT2D eigenvalue weighted by Gasteiger charge is 2.26. The van der Waals surface area contributed by atoms with Crippen LogP contribution < -0.4 is 10.5 Å². The molecule has 3 aromatic heterocycles. The molecule has 4 aromatic rings. The van der Waals surface area contributed by atoms with Gasteiger partial charge in [-0.15, -0.1) is 0 Å². The van der Waals surface area contributed by atoms with E-state index in [1.54, 1.807) is 30.9 Å². The molecule has 0 amide bonds. The van der Waals surface area contributed by atoms with Gasteiger partial charge in [0.2, 0.25) is 0 Å². The smallest absolute Gasteiger partial charge is 0.263 e. The summed E-state index contributed by atoms with van der Waals surface area (Å²) in [5.74, 6) is 0.646. The molecule has 0 saturated carbocycles. The zero-order chi connectivity index (χ0) is 23.3. The van der Waals surface area contributed by atoms with Crippen LogP contribution in [0.1, 0.15) is 17.5 Å². The minimum absolute atomic E-state index is 0.00794. The van der Waals surface area contributed by atoms with Crippen molar-refractivity contribution in [3.8, 4) is 11.3 Å². The van der Waals surface area contributed by atoms with E-state index in [2.05, 4.69) is 15.0 Å². The van der Waals surface area contributed by atoms with Crippen molar-refractivity contribution in [2.24, 2.45) is 14.1 Å². The van der Waals surface area contributed by atoms with Crippen LogP contribution in [0.4, 0.5) is 10.2 Å². The summed E-state index contributed by atoms with van der Waals surface area (Å²) in [6.07, 6.45) is 3.55. The fourth-order valence-electron chi connectivity index (χ4n) is 4.06. The predicted octanol–water partition coefficient (Wildman–Crippen LogP) is 3.41. The van der Waals surface area contributed by atoms with Gasteiger partial charge in [-0.25, -0.2) is 14.4 Å². The van der Waals surface area contributed by atoms with Crippen molar-refractivity contribution in [3.05, 3.63) is 69.2 Å². The van der Waals surface area contributed by atoms with E-state index in [0.29, 0.717) is 53.5 Å². The van der Waals surface area contributed by atoms with Gasteiger partial charge in [0.25, 0.3) is 5.56 Å². The average molecular weight is 469 g/mol. The lowest BCUT2D eigenvalue weighted by Crippen LogP contribution is -2.39. The molecule has 0 bridgehead atoms. The van der Waals surface area contributed by atoms with E-state index in [-0.39, 0.29) is 16.7 Å². The fraction of sp³-hybridized carbons (Fsp3) is 0.304. The Hall–Kier alpha value is -3.30. The Morgan fingerprint density at radius 3 is 2.76 bits per heavy atom. The first-order valence-electron chi connectivity index (χ1n) is 10.5. The summed E-state index contributed by atoms with van der Waals surface area (Å²) in [4.78, 5) is 24.7. The highest BCUT2D eigenvalue weighted by molar-refractivity contribution is 6.30. The number of nitrogens with zero attached hydrogens (tertiary/aromatic N) is 6. The molecule has 8 nitrogen and oxygen atoms in total. The number of aryl methyl sites for hydroxylation is 2. The van der Waals surface area contributed by atoms with Crippen LogP contribution in [0, 0.1) is 12.7 Å². The lowest BCUT2D eigenvalue weighted by molar-refractivity contribution is 0.0395. The molecule has 33 heavy (non-hydrogen) atoms. The number of rotatable bonds is 3. The zero-order valence-corrected chi connectivity index (χ0v) is 19.2. The second-order valence-electron chi connectivity index (χ2n) is 8.13. The van der Waals surface area contributed by atoms with Crippen LogP contribution in [-0.2, 0) is 18.8 Å². The van der Waals surface area contributed by atoms with Gasteiger partial charge in [0.1, 0.15) is 23.6 Å². The highest BCUT2D eigenvalue weighted by atomic mass is 35.5. The Balaban J connectivity index is 1.66. The van der Waals surface area contributed by atoms with E-state index in [1.807, 2.05) is 19.3 Å². The zero-order valence-electron chi connectivity index (χ0n) is 18.4. The van der Waals surface area contributed by atoms with Crippen LogP contribution in [0.15, 0.2) is 41.5 Å². The maximum atomic E-state index is 14.3. The van der Waals surface area contributed by atoms with Gasteiger partial charge in [-0.05, 0) is 19.1 Å². The lowest BCUT2D eigenvalue weighted by Gasteiger charge is -2.33. The first kappa shape index (κ1) is 21.5. The summed E-state index contributed by atoms with van der Waals surface area (Å²) in [6, 6.07) is 6.23. The van der Waals surface area contributed by atoms with Gasteiger partial charge in [-0.3, -0.25) is 14.0 Å². The van der Waals surface area contributed by atoms with Crippen LogP contribution in [0.3, 0.4) is 0 Å². The highest BCUT2D eigenvalue weighted by Crippen LogP contribution is 2.32. The van der Waals surface area contributed by atoms with Crippen molar-refractivity contribution >= 4 is 28.3 Å². The van der Waals surface area contributed by atoms with Gasteiger partial charge < -0.3 is 9.64 Å². The third kappa shape index (κ3) is 3.87. The number of hydrogen-bond donors (Lipinski definition) is 0. The van der Waals surface area contributed by atoms with Gasteiger partial charge in [-0.1, -0.05) is 17.7 Å². The number of morpholine rings is 1. The monoisotopic (exact) mass is 468 g/mol. The maximum absolute atomic E-state index is 14.3. The molecule has 0 N–H and O–H groups in total. The van der Waals surface area contributed by atoms with E-state index in [9.17, 15) is 9.18 Å². The summed E-state index contributed by atoms with van der Waals surface area (Å²) in [7, 11) is 3.52. The Kier molecular flexibility index (Phi) is 5.38. The number of aromatic nitrogens is 5. The number of fused-ring (bicyclic) bond motifs is 1. The second-order valence-corrected chi connectivity index (χ2v) is 8.54. The first-order chi connectivity index (χ1) is 15.8. The Bertz CT molecular complexity index is 1430. The van der Waals surface area contributed by atoms with E-state index in [1.165, 1.54) is 16.7 Å². The molecular weight excluding hydrogens is 447 g/mol. The predicted molar refractivity (Wildman–Crippen MR) is 124 cm³/mol. The van der Waals surface area contributed by atoms with E-state index in [4.69, 9.17) is 21.3 Å². The molecule has 4 heterocycles. The van der Waals surface area contributed by atoms with Gasteiger partial charge in [-0.2, -0.15) is 5.10 Å². The van der Waals surface area contributed by atoms with Gasteiger partial charge in [0, 0.05) is 50.6 Å². The molecule has 0 unspecified atom stereocenters. The molecule has 1 atom stereocenters. The number of benzene rings is 1. The number of halogens is 2. The molecule has 1 aliphatic rings. The molecule has 1 fully saturated rings.